The molecular weight excluding hydrogens is 396 g/mol. The number of rotatable bonds is 6. The zero-order chi connectivity index (χ0) is 20.1. The van der Waals surface area contributed by atoms with Crippen LogP contribution in [0.4, 0.5) is 10.7 Å². The first kappa shape index (κ1) is 20.4. The zero-order valence-corrected chi connectivity index (χ0v) is 17.4. The van der Waals surface area contributed by atoms with Crippen LogP contribution in [0.3, 0.4) is 0 Å². The second-order valence-electron chi connectivity index (χ2n) is 6.45. The van der Waals surface area contributed by atoms with E-state index in [4.69, 9.17) is 4.74 Å². The Bertz CT molecular complexity index is 908. The van der Waals surface area contributed by atoms with E-state index in [0.29, 0.717) is 16.3 Å². The first-order valence-corrected chi connectivity index (χ1v) is 10.8. The van der Waals surface area contributed by atoms with Crippen LogP contribution in [0, 0.1) is 0 Å². The van der Waals surface area contributed by atoms with Crippen molar-refractivity contribution >= 4 is 51.6 Å². The molecule has 1 aromatic heterocycles. The smallest absolute Gasteiger partial charge is 0.341 e. The van der Waals surface area contributed by atoms with Gasteiger partial charge in [0.25, 0.3) is 0 Å². The van der Waals surface area contributed by atoms with Crippen LogP contribution in [-0.2, 0) is 27.2 Å². The van der Waals surface area contributed by atoms with Gasteiger partial charge in [-0.2, -0.15) is 0 Å². The lowest BCUT2D eigenvalue weighted by Crippen LogP contribution is -2.16. The molecule has 2 aromatic rings. The van der Waals surface area contributed by atoms with Crippen molar-refractivity contribution in [2.24, 2.45) is 0 Å². The lowest BCUT2D eigenvalue weighted by atomic mass is 9.95. The van der Waals surface area contributed by atoms with Gasteiger partial charge < -0.3 is 15.4 Å². The van der Waals surface area contributed by atoms with E-state index in [1.807, 2.05) is 18.2 Å². The number of nitrogens with one attached hydrogen (secondary N) is 2. The Morgan fingerprint density at radius 2 is 1.96 bits per heavy atom. The molecule has 3 rings (SSSR count). The standard InChI is InChI=1S/C20H22N2O4S2/c1-12(23)21-13-6-5-7-14(10-13)27-11-17(24)22-19-18(20(25)26-2)15-8-3-4-9-16(15)28-19/h5-7,10H,3-4,8-9,11H2,1-2H3,(H,21,23)(H,22,24). The topological polar surface area (TPSA) is 84.5 Å². The summed E-state index contributed by atoms with van der Waals surface area (Å²) in [5, 5.41) is 6.19. The highest BCUT2D eigenvalue weighted by Gasteiger charge is 2.26. The number of hydrogen-bond acceptors (Lipinski definition) is 6. The van der Waals surface area contributed by atoms with Crippen LogP contribution in [0.25, 0.3) is 0 Å². The van der Waals surface area contributed by atoms with Crippen LogP contribution in [0.2, 0.25) is 0 Å². The number of hydrogen-bond donors (Lipinski definition) is 2. The molecule has 6 nitrogen and oxygen atoms in total. The number of carbonyl (C=O) groups excluding carboxylic acids is 3. The number of carbonyl (C=O) groups is 3. The second-order valence-corrected chi connectivity index (χ2v) is 8.61. The minimum Gasteiger partial charge on any atom is -0.465 e. The van der Waals surface area contributed by atoms with Gasteiger partial charge >= 0.3 is 5.97 Å². The third-order valence-corrected chi connectivity index (χ3v) is 6.54. The molecule has 0 saturated heterocycles. The highest BCUT2D eigenvalue weighted by atomic mass is 32.2. The Kier molecular flexibility index (Phi) is 6.74. The molecule has 1 aliphatic rings. The minimum atomic E-state index is -0.398. The van der Waals surface area contributed by atoms with Gasteiger partial charge in [0, 0.05) is 22.4 Å². The van der Waals surface area contributed by atoms with Gasteiger partial charge in [-0.25, -0.2) is 4.79 Å². The van der Waals surface area contributed by atoms with E-state index < -0.39 is 5.97 Å². The van der Waals surface area contributed by atoms with Crippen LogP contribution in [0.1, 0.15) is 40.6 Å². The lowest BCUT2D eigenvalue weighted by molar-refractivity contribution is -0.114. The van der Waals surface area contributed by atoms with Crippen LogP contribution in [0.15, 0.2) is 29.2 Å². The number of ether oxygens (including phenoxy) is 1. The molecule has 28 heavy (non-hydrogen) atoms. The van der Waals surface area contributed by atoms with Crippen molar-refractivity contribution in [1.82, 2.24) is 0 Å². The summed E-state index contributed by atoms with van der Waals surface area (Å²) in [6.07, 6.45) is 3.92. The van der Waals surface area contributed by atoms with Gasteiger partial charge in [0.05, 0.1) is 18.4 Å². The van der Waals surface area contributed by atoms with Gasteiger partial charge in [-0.3, -0.25) is 9.59 Å². The Morgan fingerprint density at radius 3 is 2.71 bits per heavy atom. The van der Waals surface area contributed by atoms with Crippen LogP contribution >= 0.6 is 23.1 Å². The summed E-state index contributed by atoms with van der Waals surface area (Å²) in [6.45, 7) is 1.45. The number of benzene rings is 1. The molecule has 0 bridgehead atoms. The molecule has 0 fully saturated rings. The van der Waals surface area contributed by atoms with Gasteiger partial charge in [0.2, 0.25) is 11.8 Å². The molecule has 8 heteroatoms. The van der Waals surface area contributed by atoms with E-state index in [1.54, 1.807) is 6.07 Å². The van der Waals surface area contributed by atoms with E-state index in [0.717, 1.165) is 41.0 Å². The van der Waals surface area contributed by atoms with E-state index >= 15 is 0 Å². The summed E-state index contributed by atoms with van der Waals surface area (Å²) in [4.78, 5) is 37.9. The van der Waals surface area contributed by atoms with Gasteiger partial charge in [-0.15, -0.1) is 23.1 Å². The molecule has 0 unspecified atom stereocenters. The molecule has 1 aromatic carbocycles. The van der Waals surface area contributed by atoms with Crippen LogP contribution in [-0.4, -0.2) is 30.6 Å². The highest BCUT2D eigenvalue weighted by Crippen LogP contribution is 2.38. The molecule has 1 heterocycles. The number of aryl methyl sites for hydroxylation is 1. The molecule has 0 spiro atoms. The molecule has 0 saturated carbocycles. The number of fused-ring (bicyclic) bond motifs is 1. The van der Waals surface area contributed by atoms with Crippen molar-refractivity contribution in [3.05, 3.63) is 40.3 Å². The van der Waals surface area contributed by atoms with Crippen molar-refractivity contribution in [3.63, 3.8) is 0 Å². The van der Waals surface area contributed by atoms with Crippen LogP contribution in [0.5, 0.6) is 0 Å². The Balaban J connectivity index is 1.68. The van der Waals surface area contributed by atoms with Crippen molar-refractivity contribution in [2.45, 2.75) is 37.5 Å². The average molecular weight is 419 g/mol. The SMILES string of the molecule is COC(=O)c1c(NC(=O)CSc2cccc(NC(C)=O)c2)sc2c1CCCC2. The summed E-state index contributed by atoms with van der Waals surface area (Å²) in [5.41, 5.74) is 2.22. The van der Waals surface area contributed by atoms with Crippen molar-refractivity contribution in [3.8, 4) is 0 Å². The predicted octanol–water partition coefficient (Wildman–Crippen LogP) is 4.10. The number of amides is 2. The summed E-state index contributed by atoms with van der Waals surface area (Å²) in [5.74, 6) is -0.520. The maximum Gasteiger partial charge on any atom is 0.341 e. The van der Waals surface area contributed by atoms with Gasteiger partial charge in [0.1, 0.15) is 5.00 Å². The van der Waals surface area contributed by atoms with Gasteiger partial charge in [-0.05, 0) is 49.4 Å². The molecule has 2 amide bonds. The van der Waals surface area contributed by atoms with E-state index in [2.05, 4.69) is 10.6 Å². The second kappa shape index (κ2) is 9.25. The quantitative estimate of drug-likeness (QED) is 0.545. The highest BCUT2D eigenvalue weighted by molar-refractivity contribution is 8.00. The number of anilines is 2. The summed E-state index contributed by atoms with van der Waals surface area (Å²) in [6, 6.07) is 7.33. The fraction of sp³-hybridized carbons (Fsp3) is 0.350. The molecule has 148 valence electrons. The largest absolute Gasteiger partial charge is 0.465 e. The maximum absolute atomic E-state index is 12.5. The normalized spacial score (nSPS) is 12.8. The summed E-state index contributed by atoms with van der Waals surface area (Å²) < 4.78 is 4.93. The van der Waals surface area contributed by atoms with Crippen molar-refractivity contribution in [2.75, 3.05) is 23.5 Å². The summed E-state index contributed by atoms with van der Waals surface area (Å²) in [7, 11) is 1.36. The average Bonchev–Trinajstić information content (AvgIpc) is 3.03. The first-order chi connectivity index (χ1) is 13.5. The minimum absolute atomic E-state index is 0.142. The maximum atomic E-state index is 12.5. The number of methoxy groups -OCH3 is 1. The fourth-order valence-corrected chi connectivity index (χ4v) is 5.20. The number of esters is 1. The third kappa shape index (κ3) is 4.94. The molecule has 1 aliphatic carbocycles. The zero-order valence-electron chi connectivity index (χ0n) is 15.8. The van der Waals surface area contributed by atoms with E-state index in [9.17, 15) is 14.4 Å². The lowest BCUT2D eigenvalue weighted by Gasteiger charge is -2.11. The van der Waals surface area contributed by atoms with E-state index in [-0.39, 0.29) is 17.6 Å². The predicted molar refractivity (Wildman–Crippen MR) is 112 cm³/mol. The summed E-state index contributed by atoms with van der Waals surface area (Å²) >= 11 is 2.84. The molecule has 2 N–H and O–H groups in total. The van der Waals surface area contributed by atoms with Gasteiger partial charge in [-0.1, -0.05) is 6.07 Å². The van der Waals surface area contributed by atoms with Crippen LogP contribution < -0.4 is 10.6 Å². The molecule has 0 radical (unpaired) electrons. The fourth-order valence-electron chi connectivity index (χ4n) is 3.15. The monoisotopic (exact) mass is 418 g/mol. The Hall–Kier alpha value is -2.32. The first-order valence-electron chi connectivity index (χ1n) is 9.01. The Morgan fingerprint density at radius 1 is 1.18 bits per heavy atom. The third-order valence-electron chi connectivity index (χ3n) is 4.34. The molecular formula is C20H22N2O4S2. The van der Waals surface area contributed by atoms with Crippen molar-refractivity contribution in [1.29, 1.82) is 0 Å². The Labute approximate surface area is 172 Å². The number of thioether (sulfide) groups is 1. The van der Waals surface area contributed by atoms with Crippen molar-refractivity contribution < 1.29 is 19.1 Å². The number of thiophene rings is 1. The molecule has 0 atom stereocenters. The van der Waals surface area contributed by atoms with E-state index in [1.165, 1.54) is 37.1 Å². The van der Waals surface area contributed by atoms with Gasteiger partial charge in [0.15, 0.2) is 0 Å². The molecule has 0 aliphatic heterocycles.